The molecule has 3 N–H and O–H groups in total. The van der Waals surface area contributed by atoms with E-state index >= 15 is 0 Å². The van der Waals surface area contributed by atoms with E-state index in [0.29, 0.717) is 12.5 Å². The predicted octanol–water partition coefficient (Wildman–Crippen LogP) is 1.35. The molecule has 0 spiro atoms. The van der Waals surface area contributed by atoms with Crippen molar-refractivity contribution < 1.29 is 4.79 Å². The lowest BCUT2D eigenvalue weighted by Crippen LogP contribution is -2.51. The summed E-state index contributed by atoms with van der Waals surface area (Å²) in [5, 5.41) is 3.03. The molecule has 106 valence electrons. The number of nitrogens with zero attached hydrogens (tertiary/aromatic N) is 1. The molecule has 1 saturated heterocycles. The third-order valence-electron chi connectivity index (χ3n) is 3.58. The number of carbonyl (C=O) groups is 1. The van der Waals surface area contributed by atoms with Crippen LogP contribution in [-0.4, -0.2) is 42.5 Å². The quantitative estimate of drug-likeness (QED) is 0.753. The summed E-state index contributed by atoms with van der Waals surface area (Å²) >= 11 is 0. The Labute approximate surface area is 111 Å². The summed E-state index contributed by atoms with van der Waals surface area (Å²) in [5.41, 5.74) is 5.70. The number of hydrogen-bond donors (Lipinski definition) is 2. The van der Waals surface area contributed by atoms with Crippen LogP contribution in [0.5, 0.6) is 0 Å². The van der Waals surface area contributed by atoms with Gasteiger partial charge in [-0.05, 0) is 45.2 Å². The molecule has 0 saturated carbocycles. The van der Waals surface area contributed by atoms with Gasteiger partial charge in [0.1, 0.15) is 0 Å². The predicted molar refractivity (Wildman–Crippen MR) is 75.3 cm³/mol. The molecule has 0 bridgehead atoms. The minimum Gasteiger partial charge on any atom is -0.355 e. The number of nitrogens with one attached hydrogen (secondary N) is 1. The second-order valence-corrected chi connectivity index (χ2v) is 5.84. The van der Waals surface area contributed by atoms with E-state index in [0.717, 1.165) is 19.5 Å². The zero-order valence-corrected chi connectivity index (χ0v) is 12.1. The Kier molecular flexibility index (Phi) is 6.65. The third-order valence-corrected chi connectivity index (χ3v) is 3.58. The molecule has 0 aromatic rings. The highest BCUT2D eigenvalue weighted by atomic mass is 16.2. The van der Waals surface area contributed by atoms with Crippen molar-refractivity contribution in [2.75, 3.05) is 19.6 Å². The highest BCUT2D eigenvalue weighted by Gasteiger charge is 2.29. The van der Waals surface area contributed by atoms with Crippen molar-refractivity contribution in [2.45, 2.75) is 58.5 Å². The molecule has 1 fully saturated rings. The van der Waals surface area contributed by atoms with Crippen LogP contribution in [0.2, 0.25) is 0 Å². The van der Waals surface area contributed by atoms with Crippen LogP contribution >= 0.6 is 0 Å². The first kappa shape index (κ1) is 15.4. The van der Waals surface area contributed by atoms with Gasteiger partial charge < -0.3 is 11.1 Å². The van der Waals surface area contributed by atoms with E-state index in [1.165, 1.54) is 19.3 Å². The molecule has 1 heterocycles. The van der Waals surface area contributed by atoms with Crippen molar-refractivity contribution in [3.8, 4) is 0 Å². The molecule has 0 aromatic carbocycles. The molecule has 0 radical (unpaired) electrons. The van der Waals surface area contributed by atoms with E-state index in [1.807, 2.05) is 6.92 Å². The second-order valence-electron chi connectivity index (χ2n) is 5.84. The fourth-order valence-electron chi connectivity index (χ4n) is 2.61. The van der Waals surface area contributed by atoms with Crippen LogP contribution in [0.4, 0.5) is 0 Å². The van der Waals surface area contributed by atoms with Gasteiger partial charge in [-0.25, -0.2) is 0 Å². The average molecular weight is 255 g/mol. The first-order chi connectivity index (χ1) is 8.52. The Morgan fingerprint density at radius 2 is 1.83 bits per heavy atom. The maximum atomic E-state index is 12.3. The van der Waals surface area contributed by atoms with Crippen LogP contribution in [0.3, 0.4) is 0 Å². The molecular weight excluding hydrogens is 226 g/mol. The minimum atomic E-state index is 0.0263. The van der Waals surface area contributed by atoms with E-state index in [1.54, 1.807) is 0 Å². The Bertz CT molecular complexity index is 247. The molecule has 2 atom stereocenters. The molecule has 1 rings (SSSR count). The first-order valence-electron chi connectivity index (χ1n) is 7.29. The number of nitrogens with two attached hydrogens (primary N) is 1. The van der Waals surface area contributed by atoms with Crippen LogP contribution in [0.25, 0.3) is 0 Å². The monoisotopic (exact) mass is 255 g/mol. The lowest BCUT2D eigenvalue weighted by molar-refractivity contribution is -0.128. The number of hydrogen-bond acceptors (Lipinski definition) is 3. The smallest absolute Gasteiger partial charge is 0.237 e. The van der Waals surface area contributed by atoms with E-state index < -0.39 is 0 Å². The Balaban J connectivity index is 2.47. The van der Waals surface area contributed by atoms with Crippen molar-refractivity contribution in [2.24, 2.45) is 11.7 Å². The summed E-state index contributed by atoms with van der Waals surface area (Å²) in [4.78, 5) is 14.6. The van der Waals surface area contributed by atoms with Gasteiger partial charge in [0, 0.05) is 12.6 Å². The second kappa shape index (κ2) is 7.74. The SMILES string of the molecule is CC(N)CCNC(=O)C(C(C)C)N1CCCCC1. The molecule has 18 heavy (non-hydrogen) atoms. The van der Waals surface area contributed by atoms with Gasteiger partial charge in [0.05, 0.1) is 6.04 Å². The Hall–Kier alpha value is -0.610. The third kappa shape index (κ3) is 4.94. The van der Waals surface area contributed by atoms with Crippen LogP contribution in [-0.2, 0) is 4.79 Å². The summed E-state index contributed by atoms with van der Waals surface area (Å²) in [7, 11) is 0. The minimum absolute atomic E-state index is 0.0263. The fourth-order valence-corrected chi connectivity index (χ4v) is 2.61. The fraction of sp³-hybridized carbons (Fsp3) is 0.929. The van der Waals surface area contributed by atoms with Gasteiger partial charge in [-0.3, -0.25) is 9.69 Å². The number of amides is 1. The molecule has 1 aliphatic heterocycles. The van der Waals surface area contributed by atoms with Crippen molar-refractivity contribution in [3.63, 3.8) is 0 Å². The van der Waals surface area contributed by atoms with Crippen LogP contribution in [0, 0.1) is 5.92 Å². The van der Waals surface area contributed by atoms with Gasteiger partial charge in [0.15, 0.2) is 0 Å². The van der Waals surface area contributed by atoms with Crippen molar-refractivity contribution in [1.82, 2.24) is 10.2 Å². The largest absolute Gasteiger partial charge is 0.355 e. The van der Waals surface area contributed by atoms with Crippen molar-refractivity contribution >= 4 is 5.91 Å². The van der Waals surface area contributed by atoms with Crippen molar-refractivity contribution in [3.05, 3.63) is 0 Å². The average Bonchev–Trinajstić information content (AvgIpc) is 2.29. The highest BCUT2D eigenvalue weighted by Crippen LogP contribution is 2.17. The number of carbonyl (C=O) groups excluding carboxylic acids is 1. The van der Waals surface area contributed by atoms with E-state index in [4.69, 9.17) is 5.73 Å². The van der Waals surface area contributed by atoms with Gasteiger partial charge >= 0.3 is 0 Å². The van der Waals surface area contributed by atoms with Gasteiger partial charge in [-0.15, -0.1) is 0 Å². The van der Waals surface area contributed by atoms with Crippen LogP contribution in [0.1, 0.15) is 46.5 Å². The van der Waals surface area contributed by atoms with E-state index in [2.05, 4.69) is 24.1 Å². The van der Waals surface area contributed by atoms with Crippen LogP contribution < -0.4 is 11.1 Å². The topological polar surface area (TPSA) is 58.4 Å². The molecule has 0 aliphatic carbocycles. The summed E-state index contributed by atoms with van der Waals surface area (Å²) < 4.78 is 0. The maximum Gasteiger partial charge on any atom is 0.237 e. The summed E-state index contributed by atoms with van der Waals surface area (Å²) in [6.45, 7) is 9.03. The van der Waals surface area contributed by atoms with Gasteiger partial charge in [-0.2, -0.15) is 0 Å². The van der Waals surface area contributed by atoms with E-state index in [9.17, 15) is 4.79 Å². The molecular formula is C14H29N3O. The number of likely N-dealkylation sites (tertiary alicyclic amines) is 1. The Morgan fingerprint density at radius 1 is 1.22 bits per heavy atom. The van der Waals surface area contributed by atoms with Gasteiger partial charge in [0.25, 0.3) is 0 Å². The van der Waals surface area contributed by atoms with Crippen LogP contribution in [0.15, 0.2) is 0 Å². The molecule has 0 aromatic heterocycles. The Morgan fingerprint density at radius 3 is 2.33 bits per heavy atom. The first-order valence-corrected chi connectivity index (χ1v) is 7.29. The zero-order valence-electron chi connectivity index (χ0n) is 12.1. The lowest BCUT2D eigenvalue weighted by Gasteiger charge is -2.35. The van der Waals surface area contributed by atoms with Gasteiger partial charge in [0.2, 0.25) is 5.91 Å². The molecule has 1 aliphatic rings. The molecule has 2 unspecified atom stereocenters. The lowest BCUT2D eigenvalue weighted by atomic mass is 9.98. The highest BCUT2D eigenvalue weighted by molar-refractivity contribution is 5.82. The standard InChI is InChI=1S/C14H29N3O/c1-11(2)13(17-9-5-4-6-10-17)14(18)16-8-7-12(3)15/h11-13H,4-10,15H2,1-3H3,(H,16,18). The molecule has 4 nitrogen and oxygen atoms in total. The van der Waals surface area contributed by atoms with E-state index in [-0.39, 0.29) is 18.0 Å². The zero-order chi connectivity index (χ0) is 13.5. The molecule has 4 heteroatoms. The maximum absolute atomic E-state index is 12.3. The van der Waals surface area contributed by atoms with Gasteiger partial charge in [-0.1, -0.05) is 20.3 Å². The molecule has 1 amide bonds. The number of piperidine rings is 1. The van der Waals surface area contributed by atoms with Crippen molar-refractivity contribution in [1.29, 1.82) is 0 Å². The summed E-state index contributed by atoms with van der Waals surface area (Å²) in [6, 6.07) is 0.177. The summed E-state index contributed by atoms with van der Waals surface area (Å²) in [5.74, 6) is 0.533. The summed E-state index contributed by atoms with van der Waals surface area (Å²) in [6.07, 6.45) is 4.58. The number of rotatable bonds is 6. The normalized spacial score (nSPS) is 20.7.